The topological polar surface area (TPSA) is 26.3 Å². The van der Waals surface area contributed by atoms with Gasteiger partial charge in [-0.15, -0.1) is 0 Å². The van der Waals surface area contributed by atoms with Crippen molar-refractivity contribution >= 4 is 5.97 Å². The van der Waals surface area contributed by atoms with Crippen LogP contribution in [0.5, 0.6) is 0 Å². The quantitative estimate of drug-likeness (QED) is 0.400. The molecule has 1 aromatic rings. The number of rotatable bonds is 6. The fourth-order valence-corrected chi connectivity index (χ4v) is 3.51. The molecule has 0 spiro atoms. The van der Waals surface area contributed by atoms with Crippen LogP contribution in [0.2, 0.25) is 0 Å². The van der Waals surface area contributed by atoms with Crippen molar-refractivity contribution in [2.75, 3.05) is 0 Å². The standard InChI is InChI=1S/C19H23F3O2/c1-3-5-17(24-18(23)4-2)13-8-6-12(7-9-13)14-10-15(20)19(22)16(21)11-14/h4,10-13,17H,2-3,5-9H2,1H3. The van der Waals surface area contributed by atoms with Crippen molar-refractivity contribution in [3.63, 3.8) is 0 Å². The van der Waals surface area contributed by atoms with Crippen LogP contribution in [0.25, 0.3) is 0 Å². The summed E-state index contributed by atoms with van der Waals surface area (Å²) < 4.78 is 45.3. The lowest BCUT2D eigenvalue weighted by Gasteiger charge is -2.33. The molecule has 1 aliphatic carbocycles. The molecule has 0 heterocycles. The normalized spacial score (nSPS) is 22.0. The Labute approximate surface area is 140 Å². The zero-order valence-corrected chi connectivity index (χ0v) is 13.9. The number of esters is 1. The molecule has 1 atom stereocenters. The Morgan fingerprint density at radius 3 is 2.33 bits per heavy atom. The van der Waals surface area contributed by atoms with Crippen LogP contribution in [0.15, 0.2) is 24.8 Å². The lowest BCUT2D eigenvalue weighted by molar-refractivity contribution is -0.146. The molecule has 0 saturated heterocycles. The van der Waals surface area contributed by atoms with Crippen LogP contribution in [-0.4, -0.2) is 12.1 Å². The minimum Gasteiger partial charge on any atom is -0.459 e. The Morgan fingerprint density at radius 2 is 1.83 bits per heavy atom. The van der Waals surface area contributed by atoms with Crippen molar-refractivity contribution in [1.82, 2.24) is 0 Å². The van der Waals surface area contributed by atoms with Crippen LogP contribution >= 0.6 is 0 Å². The maximum atomic E-state index is 13.4. The number of halogens is 3. The average Bonchev–Trinajstić information content (AvgIpc) is 2.59. The van der Waals surface area contributed by atoms with Gasteiger partial charge in [-0.2, -0.15) is 0 Å². The summed E-state index contributed by atoms with van der Waals surface area (Å²) in [6.45, 7) is 5.45. The molecule has 132 valence electrons. The van der Waals surface area contributed by atoms with Gasteiger partial charge in [-0.25, -0.2) is 18.0 Å². The number of carbonyl (C=O) groups excluding carboxylic acids is 1. The Balaban J connectivity index is 2.01. The summed E-state index contributed by atoms with van der Waals surface area (Å²) in [6, 6.07) is 2.18. The molecule has 0 aromatic heterocycles. The maximum Gasteiger partial charge on any atom is 0.330 e. The molecular weight excluding hydrogens is 317 g/mol. The van der Waals surface area contributed by atoms with E-state index < -0.39 is 23.4 Å². The van der Waals surface area contributed by atoms with Crippen molar-refractivity contribution in [3.05, 3.63) is 47.8 Å². The van der Waals surface area contributed by atoms with Gasteiger partial charge in [-0.05, 0) is 61.6 Å². The second-order valence-corrected chi connectivity index (χ2v) is 6.38. The minimum absolute atomic E-state index is 0.00299. The third-order valence-electron chi connectivity index (χ3n) is 4.78. The molecule has 5 heteroatoms. The van der Waals surface area contributed by atoms with Gasteiger partial charge in [0.2, 0.25) is 0 Å². The van der Waals surface area contributed by atoms with E-state index in [0.717, 1.165) is 50.7 Å². The van der Waals surface area contributed by atoms with Crippen LogP contribution < -0.4 is 0 Å². The molecule has 24 heavy (non-hydrogen) atoms. The van der Waals surface area contributed by atoms with Gasteiger partial charge in [0, 0.05) is 6.08 Å². The predicted octanol–water partition coefficient (Wildman–Crippen LogP) is 5.28. The van der Waals surface area contributed by atoms with Crippen LogP contribution in [0, 0.1) is 23.4 Å². The summed E-state index contributed by atoms with van der Waals surface area (Å²) in [7, 11) is 0. The van der Waals surface area contributed by atoms with E-state index in [0.29, 0.717) is 5.56 Å². The first-order valence-corrected chi connectivity index (χ1v) is 8.43. The molecule has 2 nitrogen and oxygen atoms in total. The van der Waals surface area contributed by atoms with Gasteiger partial charge in [-0.1, -0.05) is 19.9 Å². The van der Waals surface area contributed by atoms with E-state index in [4.69, 9.17) is 4.74 Å². The zero-order chi connectivity index (χ0) is 17.7. The highest BCUT2D eigenvalue weighted by atomic mass is 19.2. The van der Waals surface area contributed by atoms with Crippen LogP contribution in [0.3, 0.4) is 0 Å². The number of hydrogen-bond acceptors (Lipinski definition) is 2. The molecule has 0 radical (unpaired) electrons. The van der Waals surface area contributed by atoms with Gasteiger partial charge in [0.05, 0.1) is 0 Å². The Bertz CT molecular complexity index is 569. The summed E-state index contributed by atoms with van der Waals surface area (Å²) in [4.78, 5) is 11.5. The van der Waals surface area contributed by atoms with E-state index in [1.54, 1.807) is 0 Å². The fourth-order valence-electron chi connectivity index (χ4n) is 3.51. The first kappa shape index (κ1) is 18.6. The van der Waals surface area contributed by atoms with Crippen LogP contribution in [0.1, 0.15) is 56.9 Å². The lowest BCUT2D eigenvalue weighted by atomic mass is 9.76. The van der Waals surface area contributed by atoms with Crippen molar-refractivity contribution in [2.45, 2.75) is 57.5 Å². The molecule has 1 aromatic carbocycles. The molecule has 0 aliphatic heterocycles. The van der Waals surface area contributed by atoms with Gasteiger partial charge in [0.1, 0.15) is 6.10 Å². The van der Waals surface area contributed by atoms with Crippen molar-refractivity contribution in [1.29, 1.82) is 0 Å². The number of carbonyl (C=O) groups is 1. The molecular formula is C19H23F3O2. The van der Waals surface area contributed by atoms with E-state index in [-0.39, 0.29) is 17.9 Å². The minimum atomic E-state index is -1.42. The highest BCUT2D eigenvalue weighted by Gasteiger charge is 2.30. The third kappa shape index (κ3) is 4.40. The largest absolute Gasteiger partial charge is 0.459 e. The van der Waals surface area contributed by atoms with Gasteiger partial charge < -0.3 is 4.74 Å². The Kier molecular flexibility index (Phi) is 6.46. The number of ether oxygens (including phenoxy) is 1. The molecule has 1 unspecified atom stereocenters. The summed E-state index contributed by atoms with van der Waals surface area (Å²) in [5.74, 6) is -3.89. The number of benzene rings is 1. The second-order valence-electron chi connectivity index (χ2n) is 6.38. The molecule has 1 saturated carbocycles. The molecule has 0 bridgehead atoms. The smallest absolute Gasteiger partial charge is 0.330 e. The number of hydrogen-bond donors (Lipinski definition) is 0. The second kappa shape index (κ2) is 8.36. The first-order valence-electron chi connectivity index (χ1n) is 8.43. The van der Waals surface area contributed by atoms with E-state index in [1.807, 2.05) is 6.92 Å². The van der Waals surface area contributed by atoms with Crippen molar-refractivity contribution < 1.29 is 22.7 Å². The average molecular weight is 340 g/mol. The maximum absolute atomic E-state index is 13.4. The summed E-state index contributed by atoms with van der Waals surface area (Å²) >= 11 is 0. The van der Waals surface area contributed by atoms with Crippen LogP contribution in [0.4, 0.5) is 13.2 Å². The summed E-state index contributed by atoms with van der Waals surface area (Å²) in [5, 5.41) is 0. The van der Waals surface area contributed by atoms with E-state index in [2.05, 4.69) is 6.58 Å². The molecule has 0 N–H and O–H groups in total. The van der Waals surface area contributed by atoms with Crippen molar-refractivity contribution in [3.8, 4) is 0 Å². The van der Waals surface area contributed by atoms with Gasteiger partial charge in [0.15, 0.2) is 17.5 Å². The Morgan fingerprint density at radius 1 is 1.25 bits per heavy atom. The molecule has 1 fully saturated rings. The fraction of sp³-hybridized carbons (Fsp3) is 0.526. The Hall–Kier alpha value is -1.78. The predicted molar refractivity (Wildman–Crippen MR) is 86.0 cm³/mol. The SMILES string of the molecule is C=CC(=O)OC(CCC)C1CCC(c2cc(F)c(F)c(F)c2)CC1. The van der Waals surface area contributed by atoms with E-state index >= 15 is 0 Å². The van der Waals surface area contributed by atoms with Gasteiger partial charge in [-0.3, -0.25) is 0 Å². The summed E-state index contributed by atoms with van der Waals surface area (Å²) in [5.41, 5.74) is 0.500. The monoisotopic (exact) mass is 340 g/mol. The zero-order valence-electron chi connectivity index (χ0n) is 13.9. The van der Waals surface area contributed by atoms with E-state index in [1.165, 1.54) is 6.08 Å². The highest BCUT2D eigenvalue weighted by Crippen LogP contribution is 2.39. The van der Waals surface area contributed by atoms with Gasteiger partial charge >= 0.3 is 5.97 Å². The third-order valence-corrected chi connectivity index (χ3v) is 4.78. The molecule has 0 amide bonds. The lowest BCUT2D eigenvalue weighted by Crippen LogP contribution is -2.29. The first-order chi connectivity index (χ1) is 11.5. The molecule has 2 rings (SSSR count). The van der Waals surface area contributed by atoms with Crippen molar-refractivity contribution in [2.24, 2.45) is 5.92 Å². The molecule has 1 aliphatic rings. The summed E-state index contributed by atoms with van der Waals surface area (Å²) in [6.07, 6.45) is 5.79. The van der Waals surface area contributed by atoms with Gasteiger partial charge in [0.25, 0.3) is 0 Å². The highest BCUT2D eigenvalue weighted by molar-refractivity contribution is 5.81. The van der Waals surface area contributed by atoms with E-state index in [9.17, 15) is 18.0 Å². The van der Waals surface area contributed by atoms with Crippen LogP contribution in [-0.2, 0) is 9.53 Å².